The maximum atomic E-state index is 12.9. The number of H-pyrrole nitrogens is 1. The van der Waals surface area contributed by atoms with E-state index in [0.717, 1.165) is 61.4 Å². The third-order valence-corrected chi connectivity index (χ3v) is 5.82. The maximum absolute atomic E-state index is 12.9. The number of piperidine rings is 1. The molecule has 1 unspecified atom stereocenters. The highest BCUT2D eigenvalue weighted by Gasteiger charge is 2.33. The van der Waals surface area contributed by atoms with Crippen LogP contribution in [0.1, 0.15) is 75.6 Å². The molecule has 3 aliphatic rings. The van der Waals surface area contributed by atoms with Crippen LogP contribution in [0.3, 0.4) is 0 Å². The van der Waals surface area contributed by atoms with Crippen LogP contribution in [-0.4, -0.2) is 38.7 Å². The molecule has 2 heterocycles. The monoisotopic (exact) mass is 346 g/mol. The number of nitrogens with one attached hydrogen (secondary N) is 1. The molecule has 130 valence electrons. The maximum Gasteiger partial charge on any atom is 0.249 e. The molecule has 2 aliphatic carbocycles. The van der Waals surface area contributed by atoms with E-state index in [0.29, 0.717) is 12.0 Å². The molecule has 6 heteroatoms. The van der Waals surface area contributed by atoms with Crippen LogP contribution >= 0.6 is 12.2 Å². The number of nitrogens with zero attached hydrogens (tertiary/aromatic N) is 3. The van der Waals surface area contributed by atoms with Gasteiger partial charge in [0.2, 0.25) is 5.91 Å². The molecule has 24 heavy (non-hydrogen) atoms. The molecule has 2 fully saturated rings. The van der Waals surface area contributed by atoms with Crippen molar-refractivity contribution in [3.63, 3.8) is 0 Å². The molecule has 1 aromatic heterocycles. The average Bonchev–Trinajstić information content (AvgIpc) is 3.41. The molecule has 0 aromatic carbocycles. The number of hydrogen-bond acceptors (Lipinski definition) is 3. The standard InChI is InChI=1S/C18H26N4OS/c23-17(13-6-3-1-2-4-7-13)21-11-5-8-14(12-21)16-19-20-18(24)22(16)15-9-10-15/h6,14-15H,1-5,7-12H2,(H,20,24). The van der Waals surface area contributed by atoms with E-state index >= 15 is 0 Å². The lowest BCUT2D eigenvalue weighted by atomic mass is 9.96. The fourth-order valence-corrected chi connectivity index (χ4v) is 4.36. The fourth-order valence-electron chi connectivity index (χ4n) is 4.08. The first-order valence-corrected chi connectivity index (χ1v) is 9.80. The van der Waals surface area contributed by atoms with Crippen LogP contribution in [0.15, 0.2) is 11.6 Å². The SMILES string of the molecule is O=C(C1=CCCCCC1)N1CCCC(c2n[nH]c(=S)n2C2CC2)C1. The highest BCUT2D eigenvalue weighted by atomic mass is 32.1. The first-order valence-electron chi connectivity index (χ1n) is 9.39. The van der Waals surface area contributed by atoms with Crippen LogP contribution < -0.4 is 0 Å². The van der Waals surface area contributed by atoms with Crippen molar-refractivity contribution in [2.45, 2.75) is 69.7 Å². The molecule has 0 radical (unpaired) electrons. The van der Waals surface area contributed by atoms with Gasteiger partial charge in [-0.2, -0.15) is 5.10 Å². The number of rotatable bonds is 3. The molecule has 1 aliphatic heterocycles. The highest BCUT2D eigenvalue weighted by molar-refractivity contribution is 7.71. The minimum absolute atomic E-state index is 0.258. The predicted molar refractivity (Wildman–Crippen MR) is 95.4 cm³/mol. The van der Waals surface area contributed by atoms with Crippen LogP contribution in [0.4, 0.5) is 0 Å². The molecule has 4 rings (SSSR count). The van der Waals surface area contributed by atoms with Crippen LogP contribution in [0, 0.1) is 4.77 Å². The van der Waals surface area contributed by atoms with Crippen molar-refractivity contribution < 1.29 is 4.79 Å². The van der Waals surface area contributed by atoms with E-state index in [1.54, 1.807) is 0 Å². The van der Waals surface area contributed by atoms with Gasteiger partial charge in [0, 0.05) is 30.6 Å². The lowest BCUT2D eigenvalue weighted by Gasteiger charge is -2.33. The van der Waals surface area contributed by atoms with E-state index in [-0.39, 0.29) is 5.91 Å². The molecule has 1 N–H and O–H groups in total. The second kappa shape index (κ2) is 6.82. The smallest absolute Gasteiger partial charge is 0.249 e. The van der Waals surface area contributed by atoms with Crippen molar-refractivity contribution >= 4 is 18.1 Å². The van der Waals surface area contributed by atoms with Crippen molar-refractivity contribution in [2.24, 2.45) is 0 Å². The van der Waals surface area contributed by atoms with Gasteiger partial charge in [0.15, 0.2) is 4.77 Å². The average molecular weight is 347 g/mol. The molecule has 1 saturated carbocycles. The topological polar surface area (TPSA) is 53.9 Å². The van der Waals surface area contributed by atoms with Gasteiger partial charge in [0.05, 0.1) is 0 Å². The van der Waals surface area contributed by atoms with Crippen molar-refractivity contribution in [1.29, 1.82) is 0 Å². The summed E-state index contributed by atoms with van der Waals surface area (Å²) >= 11 is 5.41. The second-order valence-corrected chi connectivity index (χ2v) is 7.79. The van der Waals surface area contributed by atoms with E-state index in [1.165, 1.54) is 25.7 Å². The summed E-state index contributed by atoms with van der Waals surface area (Å²) in [6, 6.07) is 0.530. The Morgan fingerprint density at radius 3 is 2.92 bits per heavy atom. The number of aromatic amines is 1. The summed E-state index contributed by atoms with van der Waals surface area (Å²) in [5.74, 6) is 1.63. The van der Waals surface area contributed by atoms with Crippen molar-refractivity contribution in [3.05, 3.63) is 22.2 Å². The number of carbonyl (C=O) groups excluding carboxylic acids is 1. The first kappa shape index (κ1) is 16.1. The Balaban J connectivity index is 1.50. The Morgan fingerprint density at radius 2 is 2.08 bits per heavy atom. The summed E-state index contributed by atoms with van der Waals surface area (Å²) in [5.41, 5.74) is 1.04. The zero-order valence-electron chi connectivity index (χ0n) is 14.2. The first-order chi connectivity index (χ1) is 11.7. The summed E-state index contributed by atoms with van der Waals surface area (Å²) in [6.07, 6.45) is 12.3. The Labute approximate surface area is 148 Å². The highest BCUT2D eigenvalue weighted by Crippen LogP contribution is 2.38. The number of allylic oxidation sites excluding steroid dienone is 1. The largest absolute Gasteiger partial charge is 0.338 e. The van der Waals surface area contributed by atoms with Gasteiger partial charge in [-0.3, -0.25) is 9.89 Å². The van der Waals surface area contributed by atoms with E-state index in [9.17, 15) is 4.79 Å². The molecule has 1 saturated heterocycles. The van der Waals surface area contributed by atoms with Gasteiger partial charge in [0.25, 0.3) is 0 Å². The number of hydrogen-bond donors (Lipinski definition) is 1. The number of amides is 1. The minimum Gasteiger partial charge on any atom is -0.338 e. The number of carbonyl (C=O) groups is 1. The molecule has 1 atom stereocenters. The van der Waals surface area contributed by atoms with Gasteiger partial charge in [-0.15, -0.1) is 0 Å². The fraction of sp³-hybridized carbons (Fsp3) is 0.722. The van der Waals surface area contributed by atoms with E-state index < -0.39 is 0 Å². The van der Waals surface area contributed by atoms with Gasteiger partial charge in [-0.1, -0.05) is 12.5 Å². The molecule has 5 nitrogen and oxygen atoms in total. The van der Waals surface area contributed by atoms with Gasteiger partial charge in [-0.25, -0.2) is 0 Å². The van der Waals surface area contributed by atoms with Gasteiger partial charge in [-0.05, 0) is 63.6 Å². The Bertz CT molecular complexity index is 700. The molecule has 1 amide bonds. The van der Waals surface area contributed by atoms with Crippen LogP contribution in [0.2, 0.25) is 0 Å². The predicted octanol–water partition coefficient (Wildman–Crippen LogP) is 3.87. The van der Waals surface area contributed by atoms with Crippen molar-refractivity contribution in [2.75, 3.05) is 13.1 Å². The number of aromatic nitrogens is 3. The van der Waals surface area contributed by atoms with Gasteiger partial charge < -0.3 is 9.47 Å². The van der Waals surface area contributed by atoms with Crippen molar-refractivity contribution in [1.82, 2.24) is 19.7 Å². The third kappa shape index (κ3) is 3.21. The van der Waals surface area contributed by atoms with Crippen LogP contribution in [0.5, 0.6) is 0 Å². The Kier molecular flexibility index (Phi) is 4.57. The zero-order valence-corrected chi connectivity index (χ0v) is 15.0. The summed E-state index contributed by atoms with van der Waals surface area (Å²) in [4.78, 5) is 15.0. The second-order valence-electron chi connectivity index (χ2n) is 7.41. The third-order valence-electron chi connectivity index (χ3n) is 5.53. The lowest BCUT2D eigenvalue weighted by Crippen LogP contribution is -2.40. The molecular formula is C18H26N4OS. The Hall–Kier alpha value is -1.43. The van der Waals surface area contributed by atoms with Crippen molar-refractivity contribution in [3.8, 4) is 0 Å². The molecule has 0 spiro atoms. The van der Waals surface area contributed by atoms with E-state index in [2.05, 4.69) is 25.7 Å². The number of likely N-dealkylation sites (tertiary alicyclic amines) is 1. The summed E-state index contributed by atoms with van der Waals surface area (Å²) in [5, 5.41) is 7.49. The van der Waals surface area contributed by atoms with Gasteiger partial charge >= 0.3 is 0 Å². The Morgan fingerprint density at radius 1 is 1.21 bits per heavy atom. The summed E-state index contributed by atoms with van der Waals surface area (Å²) in [7, 11) is 0. The normalized spacial score (nSPS) is 25.2. The quantitative estimate of drug-likeness (QED) is 0.845. The van der Waals surface area contributed by atoms with Gasteiger partial charge in [0.1, 0.15) is 5.82 Å². The summed E-state index contributed by atoms with van der Waals surface area (Å²) in [6.45, 7) is 1.66. The molecule has 1 aromatic rings. The minimum atomic E-state index is 0.258. The van der Waals surface area contributed by atoms with E-state index in [4.69, 9.17) is 12.2 Å². The molecular weight excluding hydrogens is 320 g/mol. The summed E-state index contributed by atoms with van der Waals surface area (Å²) < 4.78 is 2.95. The van der Waals surface area contributed by atoms with Crippen LogP contribution in [-0.2, 0) is 4.79 Å². The van der Waals surface area contributed by atoms with E-state index in [1.807, 2.05) is 0 Å². The zero-order chi connectivity index (χ0) is 16.5. The molecule has 0 bridgehead atoms. The van der Waals surface area contributed by atoms with Crippen LogP contribution in [0.25, 0.3) is 0 Å². The lowest BCUT2D eigenvalue weighted by molar-refractivity contribution is -0.128.